The quantitative estimate of drug-likeness (QED) is 0.904. The number of hydrogen-bond donors (Lipinski definition) is 1. The van der Waals surface area contributed by atoms with Crippen LogP contribution in [0, 0.1) is 0 Å². The van der Waals surface area contributed by atoms with Crippen LogP contribution in [-0.2, 0) is 0 Å². The van der Waals surface area contributed by atoms with Gasteiger partial charge in [0.25, 0.3) is 0 Å². The summed E-state index contributed by atoms with van der Waals surface area (Å²) in [5.74, 6) is 0. The maximum absolute atomic E-state index is 5.89. The predicted molar refractivity (Wildman–Crippen MR) is 82.6 cm³/mol. The smallest absolute Gasteiger partial charge is 0.0366 e. The molecule has 1 atom stereocenters. The van der Waals surface area contributed by atoms with Gasteiger partial charge in [-0.05, 0) is 44.0 Å². The fourth-order valence-corrected chi connectivity index (χ4v) is 2.85. The first-order valence-corrected chi connectivity index (χ1v) is 7.42. The van der Waals surface area contributed by atoms with E-state index < -0.39 is 0 Å². The summed E-state index contributed by atoms with van der Waals surface area (Å²) in [5, 5.41) is 0. The van der Waals surface area contributed by atoms with E-state index in [1.807, 2.05) is 6.92 Å². The highest BCUT2D eigenvalue weighted by Gasteiger charge is 2.21. The summed E-state index contributed by atoms with van der Waals surface area (Å²) in [5.41, 5.74) is 8.41. The third-order valence-electron chi connectivity index (χ3n) is 4.38. The normalized spacial score (nSPS) is 19.4. The zero-order valence-corrected chi connectivity index (χ0v) is 12.5. The first-order chi connectivity index (χ1) is 9.11. The van der Waals surface area contributed by atoms with E-state index in [9.17, 15) is 0 Å². The van der Waals surface area contributed by atoms with Gasteiger partial charge in [0.1, 0.15) is 0 Å². The molecule has 106 valence electrons. The van der Waals surface area contributed by atoms with Crippen molar-refractivity contribution in [1.82, 2.24) is 4.90 Å². The summed E-state index contributed by atoms with van der Waals surface area (Å²) in [6.07, 6.45) is 2.53. The monoisotopic (exact) mass is 261 g/mol. The van der Waals surface area contributed by atoms with E-state index in [-0.39, 0.29) is 6.04 Å². The second-order valence-electron chi connectivity index (χ2n) is 5.66. The number of likely N-dealkylation sites (tertiary alicyclic amines) is 1. The Morgan fingerprint density at radius 2 is 1.84 bits per heavy atom. The van der Waals surface area contributed by atoms with Crippen LogP contribution in [-0.4, -0.2) is 37.6 Å². The molecule has 1 fully saturated rings. The zero-order valence-electron chi connectivity index (χ0n) is 12.5. The number of rotatable bonds is 4. The molecule has 0 radical (unpaired) electrons. The summed E-state index contributed by atoms with van der Waals surface area (Å²) < 4.78 is 0. The minimum Gasteiger partial charge on any atom is -0.372 e. The molecule has 1 saturated heterocycles. The van der Waals surface area contributed by atoms with E-state index in [1.54, 1.807) is 0 Å². The number of nitrogens with two attached hydrogens (primary N) is 1. The highest BCUT2D eigenvalue weighted by Crippen LogP contribution is 2.23. The second-order valence-corrected chi connectivity index (χ2v) is 5.66. The van der Waals surface area contributed by atoms with Gasteiger partial charge in [0.2, 0.25) is 0 Å². The second kappa shape index (κ2) is 6.40. The molecule has 1 heterocycles. The Labute approximate surface area is 117 Å². The summed E-state index contributed by atoms with van der Waals surface area (Å²) in [4.78, 5) is 4.96. The van der Waals surface area contributed by atoms with Crippen molar-refractivity contribution in [2.75, 3.05) is 31.6 Å². The zero-order chi connectivity index (χ0) is 13.8. The molecule has 0 bridgehead atoms. The molecule has 3 heteroatoms. The van der Waals surface area contributed by atoms with Gasteiger partial charge >= 0.3 is 0 Å². The van der Waals surface area contributed by atoms with Crippen LogP contribution in [0.3, 0.4) is 0 Å². The molecule has 0 unspecified atom stereocenters. The van der Waals surface area contributed by atoms with Gasteiger partial charge in [0.05, 0.1) is 0 Å². The molecule has 1 aliphatic rings. The van der Waals surface area contributed by atoms with E-state index in [4.69, 9.17) is 5.73 Å². The van der Waals surface area contributed by atoms with Crippen LogP contribution >= 0.6 is 0 Å². The van der Waals surface area contributed by atoms with Crippen molar-refractivity contribution >= 4 is 5.69 Å². The van der Waals surface area contributed by atoms with Crippen molar-refractivity contribution in [2.45, 2.75) is 38.8 Å². The number of benzene rings is 1. The molecule has 0 aliphatic carbocycles. The molecule has 1 aliphatic heterocycles. The van der Waals surface area contributed by atoms with Crippen LogP contribution < -0.4 is 10.6 Å². The Balaban J connectivity index is 1.97. The van der Waals surface area contributed by atoms with E-state index in [1.165, 1.54) is 43.7 Å². The van der Waals surface area contributed by atoms with Crippen LogP contribution in [0.4, 0.5) is 5.69 Å². The third-order valence-corrected chi connectivity index (χ3v) is 4.38. The summed E-state index contributed by atoms with van der Waals surface area (Å²) in [6, 6.07) is 9.49. The van der Waals surface area contributed by atoms with Crippen molar-refractivity contribution in [2.24, 2.45) is 5.73 Å². The number of piperidine rings is 1. The molecule has 0 spiro atoms. The maximum atomic E-state index is 5.89. The molecular weight excluding hydrogens is 234 g/mol. The first kappa shape index (κ1) is 14.4. The molecule has 0 saturated carbocycles. The van der Waals surface area contributed by atoms with Gasteiger partial charge in [-0.2, -0.15) is 0 Å². The van der Waals surface area contributed by atoms with Crippen molar-refractivity contribution in [1.29, 1.82) is 0 Å². The van der Waals surface area contributed by atoms with Crippen molar-refractivity contribution in [3.8, 4) is 0 Å². The molecule has 2 rings (SSSR count). The fourth-order valence-electron chi connectivity index (χ4n) is 2.85. The molecule has 0 amide bonds. The molecule has 1 aromatic carbocycles. The number of hydrogen-bond acceptors (Lipinski definition) is 3. The Morgan fingerprint density at radius 3 is 2.32 bits per heavy atom. The van der Waals surface area contributed by atoms with Crippen LogP contribution in [0.15, 0.2) is 24.3 Å². The lowest BCUT2D eigenvalue weighted by Gasteiger charge is -2.37. The lowest BCUT2D eigenvalue weighted by atomic mass is 10.0. The Hall–Kier alpha value is -1.06. The molecule has 2 N–H and O–H groups in total. The average Bonchev–Trinajstić information content (AvgIpc) is 2.46. The minimum atomic E-state index is 0.118. The van der Waals surface area contributed by atoms with Gasteiger partial charge < -0.3 is 15.5 Å². The van der Waals surface area contributed by atoms with Gasteiger partial charge in [-0.3, -0.25) is 0 Å². The summed E-state index contributed by atoms with van der Waals surface area (Å²) >= 11 is 0. The van der Waals surface area contributed by atoms with Crippen LogP contribution in [0.5, 0.6) is 0 Å². The van der Waals surface area contributed by atoms with E-state index >= 15 is 0 Å². The van der Waals surface area contributed by atoms with E-state index in [0.29, 0.717) is 6.04 Å². The SMILES string of the molecule is CCN1CCC(N(C)c2ccc([C@H](C)N)cc2)CC1. The predicted octanol–water partition coefficient (Wildman–Crippen LogP) is 2.63. The number of anilines is 1. The van der Waals surface area contributed by atoms with Crippen LogP contribution in [0.1, 0.15) is 38.3 Å². The van der Waals surface area contributed by atoms with Gasteiger partial charge in [-0.1, -0.05) is 19.1 Å². The average molecular weight is 261 g/mol. The van der Waals surface area contributed by atoms with Crippen molar-refractivity contribution < 1.29 is 0 Å². The summed E-state index contributed by atoms with van der Waals surface area (Å²) in [7, 11) is 2.22. The Morgan fingerprint density at radius 1 is 1.26 bits per heavy atom. The lowest BCUT2D eigenvalue weighted by molar-refractivity contribution is 0.221. The highest BCUT2D eigenvalue weighted by atomic mass is 15.2. The van der Waals surface area contributed by atoms with E-state index in [0.717, 1.165) is 0 Å². The fraction of sp³-hybridized carbons (Fsp3) is 0.625. The molecular formula is C16H27N3. The lowest BCUT2D eigenvalue weighted by Crippen LogP contribution is -2.43. The molecule has 0 aromatic heterocycles. The largest absolute Gasteiger partial charge is 0.372 e. The first-order valence-electron chi connectivity index (χ1n) is 7.42. The standard InChI is InChI=1S/C16H27N3/c1-4-19-11-9-16(10-12-19)18(3)15-7-5-14(6-8-15)13(2)17/h5-8,13,16H,4,9-12,17H2,1-3H3/t13-/m0/s1. The van der Waals surface area contributed by atoms with Gasteiger partial charge in [0.15, 0.2) is 0 Å². The van der Waals surface area contributed by atoms with Crippen LogP contribution in [0.25, 0.3) is 0 Å². The molecule has 19 heavy (non-hydrogen) atoms. The molecule has 3 nitrogen and oxygen atoms in total. The summed E-state index contributed by atoms with van der Waals surface area (Å²) in [6.45, 7) is 7.91. The van der Waals surface area contributed by atoms with Crippen LogP contribution in [0.2, 0.25) is 0 Å². The Kier molecular flexibility index (Phi) is 4.83. The maximum Gasteiger partial charge on any atom is 0.0366 e. The third kappa shape index (κ3) is 3.48. The Bertz CT molecular complexity index is 377. The van der Waals surface area contributed by atoms with Gasteiger partial charge in [-0.25, -0.2) is 0 Å². The van der Waals surface area contributed by atoms with Crippen molar-refractivity contribution in [3.63, 3.8) is 0 Å². The minimum absolute atomic E-state index is 0.118. The number of nitrogens with zero attached hydrogens (tertiary/aromatic N) is 2. The van der Waals surface area contributed by atoms with Crippen molar-refractivity contribution in [3.05, 3.63) is 29.8 Å². The highest BCUT2D eigenvalue weighted by molar-refractivity contribution is 5.48. The topological polar surface area (TPSA) is 32.5 Å². The molecule has 1 aromatic rings. The van der Waals surface area contributed by atoms with Gasteiger partial charge in [0, 0.05) is 37.9 Å². The van der Waals surface area contributed by atoms with E-state index in [2.05, 4.69) is 48.0 Å². The van der Waals surface area contributed by atoms with Gasteiger partial charge in [-0.15, -0.1) is 0 Å².